The Balaban J connectivity index is 2.64. The maximum atomic E-state index is 9.80. The van der Waals surface area contributed by atoms with Gasteiger partial charge in [-0.1, -0.05) is 0 Å². The van der Waals surface area contributed by atoms with Crippen LogP contribution in [0.3, 0.4) is 0 Å². The number of phenolic OH excluding ortho intramolecular Hbond substituents is 6. The molecular weight excluding hydrogens is 240 g/mol. The van der Waals surface area contributed by atoms with E-state index in [0.29, 0.717) is 24.0 Å². The predicted molar refractivity (Wildman–Crippen MR) is 61.3 cm³/mol. The first kappa shape index (κ1) is 10.6. The Hall–Kier alpha value is -2.50. The third-order valence-electron chi connectivity index (χ3n) is 3.43. The third kappa shape index (κ3) is 0.976. The normalized spacial score (nSPS) is 13.3. The van der Waals surface area contributed by atoms with Crippen molar-refractivity contribution >= 4 is 10.8 Å². The molecule has 0 unspecified atom stereocenters. The summed E-state index contributed by atoms with van der Waals surface area (Å²) >= 11 is 0. The quantitative estimate of drug-likeness (QED) is 0.308. The maximum absolute atomic E-state index is 9.80. The van der Waals surface area contributed by atoms with Gasteiger partial charge < -0.3 is 30.6 Å². The molecule has 18 heavy (non-hydrogen) atoms. The van der Waals surface area contributed by atoms with Crippen molar-refractivity contribution in [3.63, 3.8) is 0 Å². The molecule has 6 nitrogen and oxygen atoms in total. The molecule has 1 aliphatic rings. The van der Waals surface area contributed by atoms with Crippen molar-refractivity contribution in [2.45, 2.75) is 12.8 Å². The molecular formula is C12H10O6. The van der Waals surface area contributed by atoms with Crippen molar-refractivity contribution in [2.75, 3.05) is 0 Å². The first-order valence-electron chi connectivity index (χ1n) is 5.30. The van der Waals surface area contributed by atoms with E-state index in [4.69, 9.17) is 0 Å². The van der Waals surface area contributed by atoms with Gasteiger partial charge in [-0.25, -0.2) is 0 Å². The average Bonchev–Trinajstić information content (AvgIpc) is 2.30. The molecule has 6 heteroatoms. The molecule has 3 rings (SSSR count). The van der Waals surface area contributed by atoms with Gasteiger partial charge in [0.2, 0.25) is 11.5 Å². The minimum Gasteiger partial charge on any atom is -0.504 e. The number of aryl methyl sites for hydroxylation is 1. The number of fused-ring (bicyclic) bond motifs is 3. The fraction of sp³-hybridized carbons (Fsp3) is 0.167. The van der Waals surface area contributed by atoms with Crippen LogP contribution in [-0.4, -0.2) is 30.6 Å². The highest BCUT2D eigenvalue weighted by Gasteiger charge is 2.31. The molecule has 0 fully saturated rings. The van der Waals surface area contributed by atoms with E-state index >= 15 is 0 Å². The Morgan fingerprint density at radius 3 is 1.39 bits per heavy atom. The second kappa shape index (κ2) is 3.04. The number of rotatable bonds is 0. The predicted octanol–water partition coefficient (Wildman–Crippen LogP) is 1.17. The van der Waals surface area contributed by atoms with Crippen LogP contribution in [0, 0.1) is 0 Å². The van der Waals surface area contributed by atoms with Gasteiger partial charge in [0.15, 0.2) is 23.0 Å². The van der Waals surface area contributed by atoms with Crippen LogP contribution >= 0.6 is 0 Å². The number of phenols is 6. The summed E-state index contributed by atoms with van der Waals surface area (Å²) in [7, 11) is 0. The molecule has 0 amide bonds. The van der Waals surface area contributed by atoms with Gasteiger partial charge in [0.1, 0.15) is 0 Å². The monoisotopic (exact) mass is 250 g/mol. The first-order chi connectivity index (χ1) is 8.45. The lowest BCUT2D eigenvalue weighted by molar-refractivity contribution is 0.348. The van der Waals surface area contributed by atoms with Crippen LogP contribution in [0.15, 0.2) is 0 Å². The molecule has 6 N–H and O–H groups in total. The Kier molecular flexibility index (Phi) is 1.80. The molecule has 0 radical (unpaired) electrons. The van der Waals surface area contributed by atoms with E-state index in [1.807, 2.05) is 0 Å². The molecule has 2 aromatic rings. The molecule has 94 valence electrons. The number of hydrogen-bond donors (Lipinski definition) is 6. The second-order valence-corrected chi connectivity index (χ2v) is 4.30. The minimum atomic E-state index is -0.936. The summed E-state index contributed by atoms with van der Waals surface area (Å²) in [4.78, 5) is 0. The molecule has 0 bridgehead atoms. The first-order valence-corrected chi connectivity index (χ1v) is 5.30. The molecule has 0 saturated carbocycles. The molecule has 2 aromatic carbocycles. The van der Waals surface area contributed by atoms with Crippen LogP contribution < -0.4 is 0 Å². The van der Waals surface area contributed by atoms with Crippen LogP contribution in [0.2, 0.25) is 0 Å². The lowest BCUT2D eigenvalue weighted by Crippen LogP contribution is -2.09. The topological polar surface area (TPSA) is 121 Å². The van der Waals surface area contributed by atoms with Crippen molar-refractivity contribution in [1.29, 1.82) is 0 Å². The van der Waals surface area contributed by atoms with Crippen LogP contribution in [0.1, 0.15) is 11.1 Å². The SMILES string of the molecule is Oc1c(O)c(O)c2c3c(c(O)c(O)c2c1O)CC3. The molecule has 0 aromatic heterocycles. The van der Waals surface area contributed by atoms with Gasteiger partial charge in [-0.2, -0.15) is 0 Å². The maximum Gasteiger partial charge on any atom is 0.205 e. The van der Waals surface area contributed by atoms with Crippen molar-refractivity contribution in [1.82, 2.24) is 0 Å². The summed E-state index contributed by atoms with van der Waals surface area (Å²) in [6.45, 7) is 0. The van der Waals surface area contributed by atoms with Crippen molar-refractivity contribution in [3.05, 3.63) is 11.1 Å². The Morgan fingerprint density at radius 2 is 0.889 bits per heavy atom. The zero-order valence-corrected chi connectivity index (χ0v) is 9.10. The number of benzene rings is 2. The van der Waals surface area contributed by atoms with Gasteiger partial charge in [-0.3, -0.25) is 0 Å². The van der Waals surface area contributed by atoms with Crippen LogP contribution in [-0.2, 0) is 12.8 Å². The van der Waals surface area contributed by atoms with E-state index in [2.05, 4.69) is 0 Å². The fourth-order valence-corrected chi connectivity index (χ4v) is 2.40. The average molecular weight is 250 g/mol. The standard InChI is InChI=1S/C12H10O6/c13-7-4-2-1-3(4)5-6(9(7)15)10(16)12(18)11(17)8(5)14/h13-18H,1-2H2. The summed E-state index contributed by atoms with van der Waals surface area (Å²) < 4.78 is 0. The molecule has 0 spiro atoms. The van der Waals surface area contributed by atoms with Crippen LogP contribution in [0.5, 0.6) is 34.5 Å². The van der Waals surface area contributed by atoms with E-state index in [0.717, 1.165) is 0 Å². The van der Waals surface area contributed by atoms with Crippen molar-refractivity contribution < 1.29 is 30.6 Å². The fourth-order valence-electron chi connectivity index (χ4n) is 2.40. The van der Waals surface area contributed by atoms with Crippen LogP contribution in [0.4, 0.5) is 0 Å². The van der Waals surface area contributed by atoms with E-state index in [9.17, 15) is 30.6 Å². The molecule has 0 atom stereocenters. The molecule has 0 aliphatic heterocycles. The lowest BCUT2D eigenvalue weighted by atomic mass is 9.82. The highest BCUT2D eigenvalue weighted by atomic mass is 16.3. The number of hydrogen-bond acceptors (Lipinski definition) is 6. The van der Waals surface area contributed by atoms with Gasteiger partial charge in [0.05, 0.1) is 5.39 Å². The van der Waals surface area contributed by atoms with Crippen molar-refractivity contribution in [2.24, 2.45) is 0 Å². The summed E-state index contributed by atoms with van der Waals surface area (Å²) in [5, 5.41) is 57.7. The van der Waals surface area contributed by atoms with Crippen molar-refractivity contribution in [3.8, 4) is 34.5 Å². The Morgan fingerprint density at radius 1 is 0.444 bits per heavy atom. The lowest BCUT2D eigenvalue weighted by Gasteiger charge is -2.24. The zero-order chi connectivity index (χ0) is 13.2. The van der Waals surface area contributed by atoms with Crippen LogP contribution in [0.25, 0.3) is 10.8 Å². The minimum absolute atomic E-state index is 0.0550. The van der Waals surface area contributed by atoms with E-state index in [1.165, 1.54) is 0 Å². The second-order valence-electron chi connectivity index (χ2n) is 4.30. The Bertz CT molecular complexity index is 610. The van der Waals surface area contributed by atoms with Gasteiger partial charge in [0.25, 0.3) is 0 Å². The van der Waals surface area contributed by atoms with Gasteiger partial charge in [-0.15, -0.1) is 0 Å². The highest BCUT2D eigenvalue weighted by Crippen LogP contribution is 2.57. The van der Waals surface area contributed by atoms with E-state index < -0.39 is 28.7 Å². The van der Waals surface area contributed by atoms with E-state index in [-0.39, 0.29) is 16.5 Å². The van der Waals surface area contributed by atoms with E-state index in [1.54, 1.807) is 0 Å². The number of aromatic hydroxyl groups is 6. The van der Waals surface area contributed by atoms with Gasteiger partial charge in [-0.05, 0) is 18.4 Å². The highest BCUT2D eigenvalue weighted by molar-refractivity contribution is 6.06. The smallest absolute Gasteiger partial charge is 0.205 e. The Labute approximate surface area is 101 Å². The third-order valence-corrected chi connectivity index (χ3v) is 3.43. The molecule has 1 aliphatic carbocycles. The zero-order valence-electron chi connectivity index (χ0n) is 9.10. The summed E-state index contributed by atoms with van der Waals surface area (Å²) in [5.41, 5.74) is 1.02. The molecule has 0 heterocycles. The summed E-state index contributed by atoms with van der Waals surface area (Å²) in [5.74, 6) is -4.17. The summed E-state index contributed by atoms with van der Waals surface area (Å²) in [6.07, 6.45) is 1.07. The van der Waals surface area contributed by atoms with Gasteiger partial charge >= 0.3 is 0 Å². The van der Waals surface area contributed by atoms with Gasteiger partial charge in [0, 0.05) is 10.9 Å². The largest absolute Gasteiger partial charge is 0.504 e. The molecule has 0 saturated heterocycles. The summed E-state index contributed by atoms with van der Waals surface area (Å²) in [6, 6.07) is 0.